The maximum absolute atomic E-state index is 9.67. The average Bonchev–Trinajstić information content (AvgIpc) is 3.13. The lowest BCUT2D eigenvalue weighted by molar-refractivity contribution is 0.123. The van der Waals surface area contributed by atoms with Gasteiger partial charge in [0.05, 0.1) is 6.10 Å². The van der Waals surface area contributed by atoms with Crippen LogP contribution >= 0.6 is 0 Å². The SMILES string of the molecule is CC(C)C(O)CNCc1ccc(C2CC2)cc1. The average molecular weight is 233 g/mol. The Morgan fingerprint density at radius 1 is 1.24 bits per heavy atom. The molecule has 0 spiro atoms. The molecule has 2 rings (SSSR count). The van der Waals surface area contributed by atoms with Crippen molar-refractivity contribution in [2.75, 3.05) is 6.54 Å². The molecule has 1 aromatic carbocycles. The molecule has 1 fully saturated rings. The van der Waals surface area contributed by atoms with Crippen LogP contribution < -0.4 is 5.32 Å². The summed E-state index contributed by atoms with van der Waals surface area (Å²) in [4.78, 5) is 0. The standard InChI is InChI=1S/C15H23NO/c1-11(2)15(17)10-16-9-12-3-5-13(6-4-12)14-7-8-14/h3-6,11,14-17H,7-10H2,1-2H3. The van der Waals surface area contributed by atoms with E-state index in [0.29, 0.717) is 12.5 Å². The summed E-state index contributed by atoms with van der Waals surface area (Å²) in [7, 11) is 0. The summed E-state index contributed by atoms with van der Waals surface area (Å²) in [5.74, 6) is 1.15. The third kappa shape index (κ3) is 3.83. The van der Waals surface area contributed by atoms with Crippen LogP contribution in [0.5, 0.6) is 0 Å². The van der Waals surface area contributed by atoms with Crippen LogP contribution in [0.2, 0.25) is 0 Å². The minimum absolute atomic E-state index is 0.249. The molecular weight excluding hydrogens is 210 g/mol. The maximum Gasteiger partial charge on any atom is 0.0687 e. The number of hydrogen-bond acceptors (Lipinski definition) is 2. The first kappa shape index (κ1) is 12.6. The van der Waals surface area contributed by atoms with Crippen LogP contribution in [0.15, 0.2) is 24.3 Å². The fourth-order valence-electron chi connectivity index (χ4n) is 1.92. The van der Waals surface area contributed by atoms with Gasteiger partial charge in [-0.15, -0.1) is 0 Å². The number of nitrogens with one attached hydrogen (secondary N) is 1. The van der Waals surface area contributed by atoms with E-state index < -0.39 is 0 Å². The van der Waals surface area contributed by atoms with E-state index in [1.54, 1.807) is 0 Å². The normalized spacial score (nSPS) is 17.4. The first-order valence-electron chi connectivity index (χ1n) is 6.64. The predicted octanol–water partition coefficient (Wildman–Crippen LogP) is 2.67. The van der Waals surface area contributed by atoms with Crippen molar-refractivity contribution in [1.29, 1.82) is 0 Å². The molecule has 94 valence electrons. The Bertz CT molecular complexity index is 340. The van der Waals surface area contributed by atoms with E-state index in [1.807, 2.05) is 13.8 Å². The van der Waals surface area contributed by atoms with E-state index in [4.69, 9.17) is 0 Å². The van der Waals surface area contributed by atoms with Gasteiger partial charge >= 0.3 is 0 Å². The fraction of sp³-hybridized carbons (Fsp3) is 0.600. The largest absolute Gasteiger partial charge is 0.392 e. The van der Waals surface area contributed by atoms with E-state index in [0.717, 1.165) is 12.5 Å². The first-order chi connectivity index (χ1) is 8.16. The summed E-state index contributed by atoms with van der Waals surface area (Å²) >= 11 is 0. The van der Waals surface area contributed by atoms with E-state index in [2.05, 4.69) is 29.6 Å². The van der Waals surface area contributed by atoms with Gasteiger partial charge in [0.2, 0.25) is 0 Å². The minimum Gasteiger partial charge on any atom is -0.392 e. The van der Waals surface area contributed by atoms with Gasteiger partial charge in [0.15, 0.2) is 0 Å². The molecule has 0 aromatic heterocycles. The van der Waals surface area contributed by atoms with Gasteiger partial charge in [0.25, 0.3) is 0 Å². The third-order valence-electron chi connectivity index (χ3n) is 3.48. The zero-order chi connectivity index (χ0) is 12.3. The summed E-state index contributed by atoms with van der Waals surface area (Å²) in [5, 5.41) is 13.0. The highest BCUT2D eigenvalue weighted by Crippen LogP contribution is 2.39. The Balaban J connectivity index is 1.75. The van der Waals surface area contributed by atoms with Gasteiger partial charge in [0, 0.05) is 13.1 Å². The van der Waals surface area contributed by atoms with Crippen molar-refractivity contribution in [3.05, 3.63) is 35.4 Å². The monoisotopic (exact) mass is 233 g/mol. The number of benzene rings is 1. The van der Waals surface area contributed by atoms with Crippen LogP contribution in [0, 0.1) is 5.92 Å². The van der Waals surface area contributed by atoms with Gasteiger partial charge < -0.3 is 10.4 Å². The van der Waals surface area contributed by atoms with E-state index in [9.17, 15) is 5.11 Å². The lowest BCUT2D eigenvalue weighted by Crippen LogP contribution is -2.30. The second kappa shape index (κ2) is 5.65. The highest BCUT2D eigenvalue weighted by Gasteiger charge is 2.22. The molecule has 1 unspecified atom stereocenters. The van der Waals surface area contributed by atoms with Crippen molar-refractivity contribution in [3.63, 3.8) is 0 Å². The summed E-state index contributed by atoms with van der Waals surface area (Å²) < 4.78 is 0. The second-order valence-electron chi connectivity index (χ2n) is 5.46. The molecule has 1 aliphatic rings. The minimum atomic E-state index is -0.249. The van der Waals surface area contributed by atoms with Crippen LogP contribution in [0.25, 0.3) is 0 Å². The van der Waals surface area contributed by atoms with E-state index in [-0.39, 0.29) is 6.10 Å². The number of hydrogen-bond donors (Lipinski definition) is 2. The Kier molecular flexibility index (Phi) is 4.19. The maximum atomic E-state index is 9.67. The van der Waals surface area contributed by atoms with Gasteiger partial charge in [0.1, 0.15) is 0 Å². The van der Waals surface area contributed by atoms with Crippen molar-refractivity contribution >= 4 is 0 Å². The molecule has 1 saturated carbocycles. The van der Waals surface area contributed by atoms with Crippen molar-refractivity contribution in [2.45, 2.75) is 45.3 Å². The van der Waals surface area contributed by atoms with Crippen molar-refractivity contribution in [2.24, 2.45) is 5.92 Å². The Morgan fingerprint density at radius 3 is 2.41 bits per heavy atom. The van der Waals surface area contributed by atoms with Crippen LogP contribution in [-0.4, -0.2) is 17.8 Å². The molecule has 0 saturated heterocycles. The van der Waals surface area contributed by atoms with Crippen molar-refractivity contribution in [3.8, 4) is 0 Å². The molecule has 1 atom stereocenters. The molecule has 0 heterocycles. The molecule has 0 bridgehead atoms. The second-order valence-corrected chi connectivity index (χ2v) is 5.46. The van der Waals surface area contributed by atoms with Gasteiger partial charge in [-0.25, -0.2) is 0 Å². The molecule has 2 N–H and O–H groups in total. The zero-order valence-electron chi connectivity index (χ0n) is 10.8. The summed E-state index contributed by atoms with van der Waals surface area (Å²) in [6.07, 6.45) is 2.47. The quantitative estimate of drug-likeness (QED) is 0.791. The molecule has 1 aliphatic carbocycles. The summed E-state index contributed by atoms with van der Waals surface area (Å²) in [6, 6.07) is 8.88. The van der Waals surface area contributed by atoms with Crippen LogP contribution in [0.3, 0.4) is 0 Å². The molecule has 0 aliphatic heterocycles. The van der Waals surface area contributed by atoms with Crippen molar-refractivity contribution in [1.82, 2.24) is 5.32 Å². The molecule has 1 aromatic rings. The molecule has 0 amide bonds. The van der Waals surface area contributed by atoms with Gasteiger partial charge in [-0.05, 0) is 35.8 Å². The number of aliphatic hydroxyl groups excluding tert-OH is 1. The summed E-state index contributed by atoms with van der Waals surface area (Å²) in [6.45, 7) is 5.59. The molecule has 2 heteroatoms. The van der Waals surface area contributed by atoms with Crippen LogP contribution in [0.1, 0.15) is 43.7 Å². The summed E-state index contributed by atoms with van der Waals surface area (Å²) in [5.41, 5.74) is 2.78. The smallest absolute Gasteiger partial charge is 0.0687 e. The van der Waals surface area contributed by atoms with Gasteiger partial charge in [-0.1, -0.05) is 38.1 Å². The highest BCUT2D eigenvalue weighted by atomic mass is 16.3. The van der Waals surface area contributed by atoms with E-state index >= 15 is 0 Å². The van der Waals surface area contributed by atoms with E-state index in [1.165, 1.54) is 24.0 Å². The molecule has 0 radical (unpaired) electrons. The lowest BCUT2D eigenvalue weighted by Gasteiger charge is -2.15. The topological polar surface area (TPSA) is 32.3 Å². The number of aliphatic hydroxyl groups is 1. The van der Waals surface area contributed by atoms with Crippen LogP contribution in [-0.2, 0) is 6.54 Å². The Morgan fingerprint density at radius 2 is 1.88 bits per heavy atom. The molecular formula is C15H23NO. The predicted molar refractivity (Wildman–Crippen MR) is 71.0 cm³/mol. The Hall–Kier alpha value is -0.860. The lowest BCUT2D eigenvalue weighted by atomic mass is 10.1. The molecule has 2 nitrogen and oxygen atoms in total. The first-order valence-corrected chi connectivity index (χ1v) is 6.64. The Labute approximate surface area is 104 Å². The van der Waals surface area contributed by atoms with Crippen LogP contribution in [0.4, 0.5) is 0 Å². The molecule has 17 heavy (non-hydrogen) atoms. The fourth-order valence-corrected chi connectivity index (χ4v) is 1.92. The van der Waals surface area contributed by atoms with Crippen molar-refractivity contribution < 1.29 is 5.11 Å². The third-order valence-corrected chi connectivity index (χ3v) is 3.48. The number of rotatable bonds is 6. The van der Waals surface area contributed by atoms with Gasteiger partial charge in [-0.2, -0.15) is 0 Å². The van der Waals surface area contributed by atoms with Gasteiger partial charge in [-0.3, -0.25) is 0 Å². The highest BCUT2D eigenvalue weighted by molar-refractivity contribution is 5.27. The zero-order valence-corrected chi connectivity index (χ0v) is 10.8.